The van der Waals surface area contributed by atoms with Crippen LogP contribution in [0.25, 0.3) is 17.4 Å². The van der Waals surface area contributed by atoms with Crippen LogP contribution in [0.15, 0.2) is 41.3 Å². The van der Waals surface area contributed by atoms with Crippen molar-refractivity contribution in [3.8, 4) is 17.4 Å². The highest BCUT2D eigenvalue weighted by Gasteiger charge is 2.11. The van der Waals surface area contributed by atoms with Crippen molar-refractivity contribution >= 4 is 11.7 Å². The molecule has 0 saturated carbocycles. The predicted molar refractivity (Wildman–Crippen MR) is 69.0 cm³/mol. The van der Waals surface area contributed by atoms with Crippen LogP contribution in [0.5, 0.6) is 0 Å². The summed E-state index contributed by atoms with van der Waals surface area (Å²) in [5.41, 5.74) is 0. The molecule has 3 heterocycles. The maximum Gasteiger partial charge on any atom is 0.222 e. The fourth-order valence-corrected chi connectivity index (χ4v) is 1.63. The summed E-state index contributed by atoms with van der Waals surface area (Å²) in [5.74, 6) is 1.39. The molecule has 0 radical (unpaired) electrons. The van der Waals surface area contributed by atoms with Crippen molar-refractivity contribution in [1.82, 2.24) is 25.0 Å². The first-order valence-corrected chi connectivity index (χ1v) is 5.79. The number of carbonyl (C=O) groups excluding carboxylic acids is 1. The number of nitrogens with one attached hydrogen (secondary N) is 1. The first kappa shape index (κ1) is 12.0. The molecule has 3 aromatic heterocycles. The Hall–Kier alpha value is -3.03. The van der Waals surface area contributed by atoms with Crippen LogP contribution in [-0.4, -0.2) is 30.9 Å². The number of carbonyl (C=O) groups is 1. The van der Waals surface area contributed by atoms with Gasteiger partial charge in [0.05, 0.1) is 18.7 Å². The lowest BCUT2D eigenvalue weighted by atomic mass is 10.4. The molecule has 0 aliphatic rings. The summed E-state index contributed by atoms with van der Waals surface area (Å²) in [4.78, 5) is 21.0. The molecule has 1 amide bonds. The first-order valence-electron chi connectivity index (χ1n) is 5.79. The van der Waals surface area contributed by atoms with E-state index >= 15 is 0 Å². The van der Waals surface area contributed by atoms with E-state index < -0.39 is 0 Å². The Morgan fingerprint density at radius 2 is 2.10 bits per heavy atom. The van der Waals surface area contributed by atoms with Crippen molar-refractivity contribution in [2.24, 2.45) is 0 Å². The zero-order chi connectivity index (χ0) is 13.9. The Morgan fingerprint density at radius 3 is 2.75 bits per heavy atom. The fraction of sp³-hybridized carbons (Fsp3) is 0.0833. The second-order valence-corrected chi connectivity index (χ2v) is 3.91. The summed E-state index contributed by atoms with van der Waals surface area (Å²) >= 11 is 0. The zero-order valence-corrected chi connectivity index (χ0v) is 10.5. The van der Waals surface area contributed by atoms with Gasteiger partial charge in [-0.15, -0.1) is 4.80 Å². The molecular formula is C12H10N6O2. The molecule has 1 N–H and O–H groups in total. The molecule has 0 atom stereocenters. The van der Waals surface area contributed by atoms with E-state index in [9.17, 15) is 4.79 Å². The topological polar surface area (TPSA) is 98.7 Å². The van der Waals surface area contributed by atoms with E-state index in [1.165, 1.54) is 30.4 Å². The van der Waals surface area contributed by atoms with Gasteiger partial charge >= 0.3 is 0 Å². The van der Waals surface area contributed by atoms with Crippen molar-refractivity contribution in [3.63, 3.8) is 0 Å². The van der Waals surface area contributed by atoms with E-state index in [-0.39, 0.29) is 5.91 Å². The highest BCUT2D eigenvalue weighted by atomic mass is 16.3. The van der Waals surface area contributed by atoms with Crippen LogP contribution >= 0.6 is 0 Å². The Morgan fingerprint density at radius 1 is 1.30 bits per heavy atom. The van der Waals surface area contributed by atoms with Crippen LogP contribution in [0.1, 0.15) is 6.92 Å². The fourth-order valence-electron chi connectivity index (χ4n) is 1.63. The summed E-state index contributed by atoms with van der Waals surface area (Å²) in [6, 6.07) is 5.04. The number of anilines is 1. The minimum absolute atomic E-state index is 0.228. The number of amides is 1. The Balaban J connectivity index is 2.10. The van der Waals surface area contributed by atoms with E-state index in [1.807, 2.05) is 0 Å². The molecule has 3 aromatic rings. The van der Waals surface area contributed by atoms with Crippen molar-refractivity contribution < 1.29 is 9.21 Å². The van der Waals surface area contributed by atoms with Crippen LogP contribution in [0, 0.1) is 0 Å². The monoisotopic (exact) mass is 270 g/mol. The van der Waals surface area contributed by atoms with Gasteiger partial charge in [0.1, 0.15) is 5.82 Å². The average Bonchev–Trinajstić information content (AvgIpc) is 3.11. The van der Waals surface area contributed by atoms with Gasteiger partial charge in [-0.3, -0.25) is 4.79 Å². The van der Waals surface area contributed by atoms with Crippen molar-refractivity contribution in [3.05, 3.63) is 36.9 Å². The van der Waals surface area contributed by atoms with Gasteiger partial charge in [0.25, 0.3) is 0 Å². The Labute approximate surface area is 113 Å². The van der Waals surface area contributed by atoms with E-state index in [4.69, 9.17) is 4.42 Å². The summed E-state index contributed by atoms with van der Waals surface area (Å²) in [7, 11) is 0. The minimum Gasteiger partial charge on any atom is -0.461 e. The molecule has 100 valence electrons. The Kier molecular flexibility index (Phi) is 2.96. The van der Waals surface area contributed by atoms with E-state index in [0.717, 1.165) is 0 Å². The van der Waals surface area contributed by atoms with Gasteiger partial charge in [0.2, 0.25) is 5.91 Å². The molecular weight excluding hydrogens is 260 g/mol. The summed E-state index contributed by atoms with van der Waals surface area (Å²) in [6.45, 7) is 1.40. The molecule has 0 aromatic carbocycles. The minimum atomic E-state index is -0.228. The van der Waals surface area contributed by atoms with Crippen molar-refractivity contribution in [1.29, 1.82) is 0 Å². The first-order chi connectivity index (χ1) is 9.72. The molecule has 8 nitrogen and oxygen atoms in total. The van der Waals surface area contributed by atoms with Gasteiger partial charge < -0.3 is 9.73 Å². The third-order valence-electron chi connectivity index (χ3n) is 2.38. The normalized spacial score (nSPS) is 10.4. The van der Waals surface area contributed by atoms with Crippen molar-refractivity contribution in [2.75, 3.05) is 5.32 Å². The van der Waals surface area contributed by atoms with Crippen LogP contribution in [0.2, 0.25) is 0 Å². The van der Waals surface area contributed by atoms with Gasteiger partial charge in [0.15, 0.2) is 17.4 Å². The lowest BCUT2D eigenvalue weighted by molar-refractivity contribution is -0.114. The second kappa shape index (κ2) is 4.92. The number of nitrogens with zero attached hydrogens (tertiary/aromatic N) is 5. The summed E-state index contributed by atoms with van der Waals surface area (Å²) in [6.07, 6.45) is 4.59. The van der Waals surface area contributed by atoms with E-state index in [1.54, 1.807) is 18.2 Å². The second-order valence-electron chi connectivity index (χ2n) is 3.91. The molecule has 0 aliphatic heterocycles. The molecule has 0 fully saturated rings. The molecule has 8 heteroatoms. The maximum absolute atomic E-state index is 11.2. The summed E-state index contributed by atoms with van der Waals surface area (Å²) < 4.78 is 5.26. The zero-order valence-electron chi connectivity index (χ0n) is 10.5. The molecule has 0 spiro atoms. The van der Waals surface area contributed by atoms with Crippen LogP contribution in [-0.2, 0) is 4.79 Å². The lowest BCUT2D eigenvalue weighted by Gasteiger charge is -2.06. The molecule has 0 aliphatic carbocycles. The standard InChI is InChI=1S/C12H10N6O2/c1-8(19)15-10-7-11(18-13-4-5-14-18)17-12(16-10)9-3-2-6-20-9/h2-7H,1H3,(H,15,16,17,19). The largest absolute Gasteiger partial charge is 0.461 e. The number of rotatable bonds is 3. The quantitative estimate of drug-likeness (QED) is 0.769. The maximum atomic E-state index is 11.2. The molecule has 20 heavy (non-hydrogen) atoms. The van der Waals surface area contributed by atoms with Gasteiger partial charge in [-0.1, -0.05) is 0 Å². The number of aromatic nitrogens is 5. The predicted octanol–water partition coefficient (Wildman–Crippen LogP) is 1.28. The van der Waals surface area contributed by atoms with Gasteiger partial charge in [-0.2, -0.15) is 10.2 Å². The molecule has 0 saturated heterocycles. The van der Waals surface area contributed by atoms with Gasteiger partial charge in [-0.05, 0) is 12.1 Å². The lowest BCUT2D eigenvalue weighted by Crippen LogP contribution is -2.11. The van der Waals surface area contributed by atoms with Crippen LogP contribution < -0.4 is 5.32 Å². The molecule has 3 rings (SSSR count). The highest BCUT2D eigenvalue weighted by molar-refractivity contribution is 5.88. The Bertz CT molecular complexity index is 668. The SMILES string of the molecule is CC(=O)Nc1cc(-n2nccn2)nc(-c2ccco2)n1. The van der Waals surface area contributed by atoms with Crippen LogP contribution in [0.3, 0.4) is 0 Å². The van der Waals surface area contributed by atoms with Gasteiger partial charge in [-0.25, -0.2) is 9.97 Å². The van der Waals surface area contributed by atoms with Crippen LogP contribution in [0.4, 0.5) is 5.82 Å². The van der Waals surface area contributed by atoms with Crippen molar-refractivity contribution in [2.45, 2.75) is 6.92 Å². The summed E-state index contributed by atoms with van der Waals surface area (Å²) in [5, 5.41) is 10.6. The van der Waals surface area contributed by atoms with E-state index in [0.29, 0.717) is 23.2 Å². The number of furan rings is 1. The van der Waals surface area contributed by atoms with E-state index in [2.05, 4.69) is 25.5 Å². The smallest absolute Gasteiger partial charge is 0.222 e. The number of hydrogen-bond acceptors (Lipinski definition) is 6. The highest BCUT2D eigenvalue weighted by Crippen LogP contribution is 2.19. The molecule has 0 bridgehead atoms. The third kappa shape index (κ3) is 2.39. The molecule has 0 unspecified atom stereocenters. The number of hydrogen-bond donors (Lipinski definition) is 1. The van der Waals surface area contributed by atoms with Gasteiger partial charge in [0, 0.05) is 13.0 Å². The average molecular weight is 270 g/mol. The third-order valence-corrected chi connectivity index (χ3v) is 2.38.